The van der Waals surface area contributed by atoms with Crippen LogP contribution < -0.4 is 10.6 Å². The molecule has 1 heterocycles. The fourth-order valence-corrected chi connectivity index (χ4v) is 2.41. The Morgan fingerprint density at radius 1 is 0.857 bits per heavy atom. The molecule has 0 aliphatic heterocycles. The zero-order valence-corrected chi connectivity index (χ0v) is 15.6. The van der Waals surface area contributed by atoms with Gasteiger partial charge in [-0.1, -0.05) is 17.7 Å². The molecule has 3 aromatic rings. The van der Waals surface area contributed by atoms with Crippen LogP contribution in [0.25, 0.3) is 0 Å². The molecule has 0 atom stereocenters. The summed E-state index contributed by atoms with van der Waals surface area (Å²) in [7, 11) is 0. The van der Waals surface area contributed by atoms with E-state index in [1.807, 2.05) is 19.1 Å². The molecule has 28 heavy (non-hydrogen) atoms. The van der Waals surface area contributed by atoms with Crippen molar-refractivity contribution in [3.63, 3.8) is 0 Å². The minimum atomic E-state index is -0.359. The number of hydrogen-bond acceptors (Lipinski definition) is 6. The Morgan fingerprint density at radius 3 is 2.07 bits per heavy atom. The fraction of sp³-hybridized carbons (Fsp3) is 0.143. The number of aromatic nitrogens is 2. The van der Waals surface area contributed by atoms with Crippen LogP contribution in [-0.2, 0) is 4.74 Å². The molecule has 0 aliphatic carbocycles. The first-order valence-corrected chi connectivity index (χ1v) is 8.81. The summed E-state index contributed by atoms with van der Waals surface area (Å²) < 4.78 is 4.95. The van der Waals surface area contributed by atoms with Crippen LogP contribution in [0.15, 0.2) is 60.7 Å². The van der Waals surface area contributed by atoms with Gasteiger partial charge in [0.1, 0.15) is 0 Å². The molecule has 0 fully saturated rings. The maximum atomic E-state index is 12.2. The third kappa shape index (κ3) is 4.91. The number of nitrogens with zero attached hydrogens (tertiary/aromatic N) is 2. The lowest BCUT2D eigenvalue weighted by atomic mass is 10.1. The molecule has 0 bridgehead atoms. The van der Waals surface area contributed by atoms with E-state index in [2.05, 4.69) is 20.8 Å². The lowest BCUT2D eigenvalue weighted by Crippen LogP contribution is -2.13. The third-order valence-corrected chi connectivity index (χ3v) is 3.89. The average Bonchev–Trinajstić information content (AvgIpc) is 2.70. The highest BCUT2D eigenvalue weighted by atomic mass is 16.5. The number of anilines is 3. The lowest BCUT2D eigenvalue weighted by Gasteiger charge is -2.08. The van der Waals surface area contributed by atoms with Crippen LogP contribution in [-0.4, -0.2) is 28.7 Å². The molecule has 0 spiro atoms. The number of carbonyl (C=O) groups is 2. The summed E-state index contributed by atoms with van der Waals surface area (Å²) in [5.74, 6) is 0.262. The summed E-state index contributed by atoms with van der Waals surface area (Å²) in [4.78, 5) is 23.9. The Hall–Kier alpha value is -3.74. The SMILES string of the molecule is CCOC(=O)c1ccc(Nc2ccc(NC(=O)c3ccc(C)cc3)nn2)cc1. The zero-order valence-electron chi connectivity index (χ0n) is 15.6. The number of ether oxygens (including phenoxy) is 1. The van der Waals surface area contributed by atoms with Gasteiger partial charge in [0.15, 0.2) is 11.6 Å². The molecule has 7 heteroatoms. The van der Waals surface area contributed by atoms with Crippen molar-refractivity contribution in [1.82, 2.24) is 10.2 Å². The Morgan fingerprint density at radius 2 is 1.46 bits per heavy atom. The van der Waals surface area contributed by atoms with E-state index in [4.69, 9.17) is 4.74 Å². The number of hydrogen-bond donors (Lipinski definition) is 2. The minimum absolute atomic E-state index is 0.246. The minimum Gasteiger partial charge on any atom is -0.462 e. The van der Waals surface area contributed by atoms with Crippen LogP contribution in [0.3, 0.4) is 0 Å². The Bertz CT molecular complexity index is 952. The van der Waals surface area contributed by atoms with Gasteiger partial charge in [0.05, 0.1) is 12.2 Å². The van der Waals surface area contributed by atoms with Crippen molar-refractivity contribution in [2.24, 2.45) is 0 Å². The Balaban J connectivity index is 1.60. The van der Waals surface area contributed by atoms with Crippen LogP contribution in [0.5, 0.6) is 0 Å². The van der Waals surface area contributed by atoms with Crippen LogP contribution in [0.1, 0.15) is 33.2 Å². The van der Waals surface area contributed by atoms with Crippen molar-refractivity contribution >= 4 is 29.2 Å². The molecule has 1 amide bonds. The number of benzene rings is 2. The normalized spacial score (nSPS) is 10.2. The Labute approximate surface area is 162 Å². The predicted octanol–water partition coefficient (Wildman–Crippen LogP) is 3.96. The van der Waals surface area contributed by atoms with Crippen molar-refractivity contribution in [2.75, 3.05) is 17.2 Å². The van der Waals surface area contributed by atoms with E-state index < -0.39 is 0 Å². The molecule has 0 saturated carbocycles. The zero-order chi connectivity index (χ0) is 19.9. The number of esters is 1. The van der Waals surface area contributed by atoms with E-state index in [1.54, 1.807) is 55.5 Å². The van der Waals surface area contributed by atoms with Gasteiger partial charge >= 0.3 is 5.97 Å². The van der Waals surface area contributed by atoms with Crippen molar-refractivity contribution in [1.29, 1.82) is 0 Å². The van der Waals surface area contributed by atoms with Crippen LogP contribution in [0, 0.1) is 6.92 Å². The monoisotopic (exact) mass is 376 g/mol. The van der Waals surface area contributed by atoms with Gasteiger partial charge in [-0.15, -0.1) is 10.2 Å². The molecule has 0 aliphatic rings. The van der Waals surface area contributed by atoms with E-state index in [1.165, 1.54) is 0 Å². The maximum absolute atomic E-state index is 12.2. The van der Waals surface area contributed by atoms with Gasteiger partial charge in [-0.05, 0) is 62.4 Å². The predicted molar refractivity (Wildman–Crippen MR) is 107 cm³/mol. The quantitative estimate of drug-likeness (QED) is 0.633. The maximum Gasteiger partial charge on any atom is 0.338 e. The van der Waals surface area contributed by atoms with Gasteiger partial charge in [-0.2, -0.15) is 0 Å². The van der Waals surface area contributed by atoms with Gasteiger partial charge in [-0.3, -0.25) is 4.79 Å². The van der Waals surface area contributed by atoms with E-state index in [0.717, 1.165) is 11.3 Å². The number of aryl methyl sites for hydroxylation is 1. The van der Waals surface area contributed by atoms with Crippen molar-refractivity contribution in [3.05, 3.63) is 77.4 Å². The first-order valence-electron chi connectivity index (χ1n) is 8.81. The van der Waals surface area contributed by atoms with Crippen molar-refractivity contribution < 1.29 is 14.3 Å². The third-order valence-electron chi connectivity index (χ3n) is 3.89. The fourth-order valence-electron chi connectivity index (χ4n) is 2.41. The summed E-state index contributed by atoms with van der Waals surface area (Å²) in [5.41, 5.74) is 2.87. The van der Waals surface area contributed by atoms with Crippen LogP contribution in [0.4, 0.5) is 17.3 Å². The topological polar surface area (TPSA) is 93.2 Å². The molecule has 0 saturated heterocycles. The highest BCUT2D eigenvalue weighted by Gasteiger charge is 2.08. The van der Waals surface area contributed by atoms with E-state index >= 15 is 0 Å². The first-order chi connectivity index (χ1) is 13.5. The van der Waals surface area contributed by atoms with Gasteiger partial charge < -0.3 is 15.4 Å². The Kier molecular flexibility index (Phi) is 5.96. The summed E-state index contributed by atoms with van der Waals surface area (Å²) in [6, 6.07) is 17.5. The van der Waals surface area contributed by atoms with Crippen molar-refractivity contribution in [3.8, 4) is 0 Å². The lowest BCUT2D eigenvalue weighted by molar-refractivity contribution is 0.0526. The second-order valence-corrected chi connectivity index (χ2v) is 6.05. The summed E-state index contributed by atoms with van der Waals surface area (Å²) >= 11 is 0. The number of nitrogens with one attached hydrogen (secondary N) is 2. The standard InChI is InChI=1S/C21H20N4O3/c1-3-28-21(27)16-8-10-17(11-9-16)22-18-12-13-19(25-24-18)23-20(26)15-6-4-14(2)5-7-15/h4-13H,3H2,1-2H3,(H,22,24)(H,23,25,26). The summed E-state index contributed by atoms with van der Waals surface area (Å²) in [5, 5.41) is 13.9. The number of amides is 1. The molecule has 0 radical (unpaired) electrons. The molecule has 2 aromatic carbocycles. The van der Waals surface area contributed by atoms with Crippen LogP contribution in [0.2, 0.25) is 0 Å². The highest BCUT2D eigenvalue weighted by molar-refractivity contribution is 6.03. The van der Waals surface area contributed by atoms with E-state index in [-0.39, 0.29) is 11.9 Å². The van der Waals surface area contributed by atoms with Gasteiger partial charge in [-0.25, -0.2) is 4.79 Å². The number of rotatable bonds is 6. The second kappa shape index (κ2) is 8.77. The molecule has 142 valence electrons. The summed E-state index contributed by atoms with van der Waals surface area (Å²) in [6.07, 6.45) is 0. The molecule has 3 rings (SSSR count). The van der Waals surface area contributed by atoms with E-state index in [9.17, 15) is 9.59 Å². The van der Waals surface area contributed by atoms with Crippen LogP contribution >= 0.6 is 0 Å². The average molecular weight is 376 g/mol. The molecule has 1 aromatic heterocycles. The van der Waals surface area contributed by atoms with Gasteiger partial charge in [0, 0.05) is 11.3 Å². The smallest absolute Gasteiger partial charge is 0.338 e. The molecule has 2 N–H and O–H groups in total. The second-order valence-electron chi connectivity index (χ2n) is 6.05. The summed E-state index contributed by atoms with van der Waals surface area (Å²) in [6.45, 7) is 4.06. The number of carbonyl (C=O) groups excluding carboxylic acids is 2. The van der Waals surface area contributed by atoms with E-state index in [0.29, 0.717) is 29.4 Å². The first kappa shape index (κ1) is 19.0. The molecule has 0 unspecified atom stereocenters. The van der Waals surface area contributed by atoms with Gasteiger partial charge in [0.2, 0.25) is 0 Å². The molecule has 7 nitrogen and oxygen atoms in total. The van der Waals surface area contributed by atoms with Gasteiger partial charge in [0.25, 0.3) is 5.91 Å². The molecular formula is C21H20N4O3. The molecular weight excluding hydrogens is 356 g/mol. The highest BCUT2D eigenvalue weighted by Crippen LogP contribution is 2.16. The van der Waals surface area contributed by atoms with Crippen molar-refractivity contribution in [2.45, 2.75) is 13.8 Å². The largest absolute Gasteiger partial charge is 0.462 e.